The lowest BCUT2D eigenvalue weighted by Crippen LogP contribution is -2.31. The summed E-state index contributed by atoms with van der Waals surface area (Å²) in [5, 5.41) is 29.8. The Kier molecular flexibility index (Phi) is 5.64. The van der Waals surface area contributed by atoms with E-state index in [9.17, 15) is 24.9 Å². The third-order valence-electron chi connectivity index (χ3n) is 4.21. The lowest BCUT2D eigenvalue weighted by Gasteiger charge is -2.32. The highest BCUT2D eigenvalue weighted by atomic mass is 16.7. The Balaban J connectivity index is 2.00. The van der Waals surface area contributed by atoms with Gasteiger partial charge in [-0.2, -0.15) is 0 Å². The summed E-state index contributed by atoms with van der Waals surface area (Å²) in [7, 11) is 2.26. The molecule has 3 rings (SSSR count). The van der Waals surface area contributed by atoms with Crippen LogP contribution in [0.3, 0.4) is 0 Å². The van der Waals surface area contributed by atoms with Crippen molar-refractivity contribution < 1.29 is 48.6 Å². The number of aliphatic hydroxyl groups is 1. The summed E-state index contributed by atoms with van der Waals surface area (Å²) >= 11 is 0. The normalized spacial score (nSPS) is 17.5. The second-order valence-electron chi connectivity index (χ2n) is 6.07. The van der Waals surface area contributed by atoms with E-state index in [1.807, 2.05) is 0 Å². The summed E-state index contributed by atoms with van der Waals surface area (Å²) in [4.78, 5) is 23.0. The van der Waals surface area contributed by atoms with Crippen molar-refractivity contribution in [1.29, 1.82) is 0 Å². The van der Waals surface area contributed by atoms with Crippen LogP contribution in [0.4, 0.5) is 9.59 Å². The minimum atomic E-state index is -1.07. The molecule has 0 saturated carbocycles. The molecule has 0 spiro atoms. The summed E-state index contributed by atoms with van der Waals surface area (Å²) in [5.74, 6) is -0.575. The van der Waals surface area contributed by atoms with Crippen molar-refractivity contribution in [2.75, 3.05) is 14.2 Å². The molecule has 1 aliphatic heterocycles. The van der Waals surface area contributed by atoms with Crippen LogP contribution in [-0.4, -0.2) is 48.0 Å². The van der Waals surface area contributed by atoms with Crippen LogP contribution in [0.15, 0.2) is 30.3 Å². The Morgan fingerprint density at radius 3 is 2.34 bits per heavy atom. The largest absolute Gasteiger partial charge is 0.513 e. The molecule has 0 saturated heterocycles. The Morgan fingerprint density at radius 2 is 1.69 bits per heavy atom. The first-order valence-corrected chi connectivity index (χ1v) is 8.37. The number of hydrogen-bond donors (Lipinski definition) is 3. The van der Waals surface area contributed by atoms with Gasteiger partial charge in [0, 0.05) is 24.1 Å². The maximum absolute atomic E-state index is 11.6. The minimum Gasteiger partial charge on any atom is -0.504 e. The second kappa shape index (κ2) is 8.15. The van der Waals surface area contributed by atoms with Crippen molar-refractivity contribution >= 4 is 12.3 Å². The fraction of sp³-hybridized carbons (Fsp3) is 0.263. The van der Waals surface area contributed by atoms with E-state index in [1.54, 1.807) is 0 Å². The van der Waals surface area contributed by atoms with E-state index in [2.05, 4.69) is 9.47 Å². The number of carbonyl (C=O) groups is 2. The zero-order chi connectivity index (χ0) is 21.1. The van der Waals surface area contributed by atoms with Gasteiger partial charge in [0.25, 0.3) is 0 Å². The minimum absolute atomic E-state index is 0.0203. The molecule has 0 radical (unpaired) electrons. The van der Waals surface area contributed by atoms with Gasteiger partial charge in [0.05, 0.1) is 20.3 Å². The zero-order valence-corrected chi connectivity index (χ0v) is 15.4. The van der Waals surface area contributed by atoms with Gasteiger partial charge in [-0.3, -0.25) is 0 Å². The molecule has 0 bridgehead atoms. The summed E-state index contributed by atoms with van der Waals surface area (Å²) < 4.78 is 24.8. The fourth-order valence-electron chi connectivity index (χ4n) is 2.86. The number of methoxy groups -OCH3 is 2. The number of phenolic OH excluding ortho intramolecular Hbond substituents is 2. The van der Waals surface area contributed by atoms with Gasteiger partial charge in [-0.15, -0.1) is 0 Å². The molecule has 1 heterocycles. The third-order valence-corrected chi connectivity index (χ3v) is 4.21. The third kappa shape index (κ3) is 4.27. The molecule has 3 N–H and O–H groups in total. The van der Waals surface area contributed by atoms with E-state index >= 15 is 0 Å². The number of benzene rings is 2. The van der Waals surface area contributed by atoms with Crippen molar-refractivity contribution in [2.24, 2.45) is 0 Å². The molecular weight excluding hydrogens is 388 g/mol. The molecule has 1 aliphatic rings. The average Bonchev–Trinajstić information content (AvgIpc) is 2.70. The first kappa shape index (κ1) is 20.1. The van der Waals surface area contributed by atoms with Crippen molar-refractivity contribution in [1.82, 2.24) is 0 Å². The first-order chi connectivity index (χ1) is 13.8. The van der Waals surface area contributed by atoms with Crippen LogP contribution in [-0.2, 0) is 15.9 Å². The Morgan fingerprint density at radius 1 is 1.00 bits per heavy atom. The van der Waals surface area contributed by atoms with Crippen LogP contribution < -0.4 is 14.2 Å². The van der Waals surface area contributed by atoms with E-state index < -0.39 is 24.5 Å². The van der Waals surface area contributed by atoms with Gasteiger partial charge in [-0.25, -0.2) is 9.59 Å². The molecule has 0 aromatic heterocycles. The number of aliphatic hydroxyl groups excluding tert-OH is 1. The van der Waals surface area contributed by atoms with Crippen LogP contribution in [0.25, 0.3) is 0 Å². The van der Waals surface area contributed by atoms with Crippen molar-refractivity contribution in [3.8, 4) is 28.7 Å². The molecule has 0 aliphatic carbocycles. The predicted octanol–water partition coefficient (Wildman–Crippen LogP) is 2.43. The molecule has 10 heteroatoms. The van der Waals surface area contributed by atoms with Gasteiger partial charge in [0.1, 0.15) is 23.4 Å². The summed E-state index contributed by atoms with van der Waals surface area (Å²) in [6.45, 7) is 0. The van der Waals surface area contributed by atoms with Gasteiger partial charge in [0.15, 0.2) is 11.5 Å². The van der Waals surface area contributed by atoms with Crippen LogP contribution >= 0.6 is 0 Å². The number of rotatable bonds is 3. The van der Waals surface area contributed by atoms with E-state index in [0.29, 0.717) is 11.1 Å². The van der Waals surface area contributed by atoms with Gasteiger partial charge >= 0.3 is 12.3 Å². The molecule has 1 unspecified atom stereocenters. The lowest BCUT2D eigenvalue weighted by atomic mass is 9.94. The van der Waals surface area contributed by atoms with E-state index in [4.69, 9.17) is 14.2 Å². The van der Waals surface area contributed by atoms with Crippen LogP contribution in [0.2, 0.25) is 0 Å². The predicted molar refractivity (Wildman–Crippen MR) is 95.4 cm³/mol. The molecule has 10 nitrogen and oxygen atoms in total. The molecule has 0 amide bonds. The standard InChI is InChI=1S/C19H18O10/c1-25-18(23)27-10-6-15-11(16(7-10)29-19(24)26-2)8-14(22)17(28-15)9-3-4-12(20)13(21)5-9/h3-7,14,17,20-22H,8H2,1-2H3/t14-,17?/m1/s1. The van der Waals surface area contributed by atoms with Gasteiger partial charge in [-0.05, 0) is 17.7 Å². The number of fused-ring (bicyclic) bond motifs is 1. The van der Waals surface area contributed by atoms with Crippen molar-refractivity contribution in [2.45, 2.75) is 18.6 Å². The summed E-state index contributed by atoms with van der Waals surface area (Å²) in [5.41, 5.74) is 0.743. The number of aromatic hydroxyl groups is 2. The van der Waals surface area contributed by atoms with E-state index in [0.717, 1.165) is 14.2 Å². The first-order valence-electron chi connectivity index (χ1n) is 8.37. The molecule has 2 aromatic rings. The molecule has 29 heavy (non-hydrogen) atoms. The van der Waals surface area contributed by atoms with Gasteiger partial charge < -0.3 is 39.0 Å². The number of hydrogen-bond acceptors (Lipinski definition) is 10. The smallest absolute Gasteiger partial charge is 0.504 e. The SMILES string of the molecule is COC(=O)Oc1cc(OC(=O)OC)c2c(c1)OC(c1ccc(O)c(O)c1)[C@H](O)C2. The highest BCUT2D eigenvalue weighted by Gasteiger charge is 2.33. The fourth-order valence-corrected chi connectivity index (χ4v) is 2.86. The topological polar surface area (TPSA) is 141 Å². The monoisotopic (exact) mass is 406 g/mol. The van der Waals surface area contributed by atoms with Gasteiger partial charge in [0.2, 0.25) is 0 Å². The molecule has 0 fully saturated rings. The number of phenols is 2. The Hall–Kier alpha value is -3.66. The van der Waals surface area contributed by atoms with Gasteiger partial charge in [-0.1, -0.05) is 6.07 Å². The molecule has 2 aromatic carbocycles. The van der Waals surface area contributed by atoms with E-state index in [1.165, 1.54) is 30.3 Å². The summed E-state index contributed by atoms with van der Waals surface area (Å²) in [6.07, 6.45) is -3.97. The molecule has 154 valence electrons. The van der Waals surface area contributed by atoms with Crippen LogP contribution in [0.5, 0.6) is 28.7 Å². The number of carbonyl (C=O) groups excluding carboxylic acids is 2. The van der Waals surface area contributed by atoms with Crippen LogP contribution in [0, 0.1) is 0 Å². The van der Waals surface area contributed by atoms with Crippen molar-refractivity contribution in [3.05, 3.63) is 41.5 Å². The van der Waals surface area contributed by atoms with E-state index in [-0.39, 0.29) is 35.2 Å². The van der Waals surface area contributed by atoms with Crippen LogP contribution in [0.1, 0.15) is 17.2 Å². The highest BCUT2D eigenvalue weighted by Crippen LogP contribution is 2.43. The number of ether oxygens (including phenoxy) is 5. The summed E-state index contributed by atoms with van der Waals surface area (Å²) in [6, 6.07) is 6.63. The van der Waals surface area contributed by atoms with Crippen molar-refractivity contribution in [3.63, 3.8) is 0 Å². The quantitative estimate of drug-likeness (QED) is 0.395. The zero-order valence-electron chi connectivity index (χ0n) is 15.4. The molecule has 2 atom stereocenters. The highest BCUT2D eigenvalue weighted by molar-refractivity contribution is 5.68. The lowest BCUT2D eigenvalue weighted by molar-refractivity contribution is 0.0193. The maximum Gasteiger partial charge on any atom is 0.513 e. The molecular formula is C19H18O10. The average molecular weight is 406 g/mol. The Labute approximate surface area is 164 Å². The Bertz CT molecular complexity index is 939. The maximum atomic E-state index is 11.6. The second-order valence-corrected chi connectivity index (χ2v) is 6.07.